The van der Waals surface area contributed by atoms with Crippen molar-refractivity contribution in [3.63, 3.8) is 0 Å². The van der Waals surface area contributed by atoms with Gasteiger partial charge in [-0.05, 0) is 6.07 Å². The predicted molar refractivity (Wildman–Crippen MR) is 59.8 cm³/mol. The van der Waals surface area contributed by atoms with Crippen LogP contribution in [0.25, 0.3) is 0 Å². The molecule has 1 N–H and O–H groups in total. The van der Waals surface area contributed by atoms with Crippen LogP contribution >= 0.6 is 11.3 Å². The molecule has 0 fully saturated rings. The van der Waals surface area contributed by atoms with E-state index >= 15 is 0 Å². The lowest BCUT2D eigenvalue weighted by atomic mass is 10.3. The first kappa shape index (κ1) is 11.5. The van der Waals surface area contributed by atoms with E-state index in [1.54, 1.807) is 5.38 Å². The van der Waals surface area contributed by atoms with Gasteiger partial charge in [-0.1, -0.05) is 0 Å². The van der Waals surface area contributed by atoms with E-state index in [0.717, 1.165) is 17.5 Å². The molecule has 0 saturated heterocycles. The number of pyridine rings is 1. The molecule has 17 heavy (non-hydrogen) atoms. The first-order valence-electron chi connectivity index (χ1n) is 4.69. The van der Waals surface area contributed by atoms with Crippen molar-refractivity contribution in [2.75, 3.05) is 0 Å². The lowest BCUT2D eigenvalue weighted by Crippen LogP contribution is -1.96. The van der Waals surface area contributed by atoms with E-state index in [1.807, 2.05) is 0 Å². The summed E-state index contributed by atoms with van der Waals surface area (Å²) in [4.78, 5) is 14.5. The SMILES string of the molecule is O=C(O)c1cc(OCc2cncc(F)c2)cs1. The molecule has 0 bridgehead atoms. The molecule has 2 heterocycles. The minimum absolute atomic E-state index is 0.153. The Bertz CT molecular complexity index is 541. The molecule has 0 atom stereocenters. The molecule has 6 heteroatoms. The number of thiophene rings is 1. The molecule has 0 amide bonds. The number of halogens is 1. The Morgan fingerprint density at radius 3 is 2.94 bits per heavy atom. The van der Waals surface area contributed by atoms with Gasteiger partial charge in [0.2, 0.25) is 0 Å². The zero-order valence-electron chi connectivity index (χ0n) is 8.59. The third-order valence-corrected chi connectivity index (χ3v) is 2.85. The number of aromatic carboxylic acids is 1. The van der Waals surface area contributed by atoms with Crippen molar-refractivity contribution in [3.05, 3.63) is 46.2 Å². The molecule has 0 spiro atoms. The minimum Gasteiger partial charge on any atom is -0.488 e. The molecule has 0 aliphatic heterocycles. The predicted octanol–water partition coefficient (Wildman–Crippen LogP) is 2.56. The van der Waals surface area contributed by atoms with Gasteiger partial charge >= 0.3 is 5.97 Å². The summed E-state index contributed by atoms with van der Waals surface area (Å²) in [6, 6.07) is 2.75. The number of carboxylic acids is 1. The standard InChI is InChI=1S/C11H8FNO3S/c12-8-1-7(3-13-4-8)5-16-9-2-10(11(14)15)17-6-9/h1-4,6H,5H2,(H,14,15). The molecule has 2 aromatic heterocycles. The normalized spacial score (nSPS) is 10.2. The molecular formula is C11H8FNO3S. The highest BCUT2D eigenvalue weighted by molar-refractivity contribution is 7.12. The summed E-state index contributed by atoms with van der Waals surface area (Å²) in [7, 11) is 0. The van der Waals surface area contributed by atoms with Crippen molar-refractivity contribution in [2.24, 2.45) is 0 Å². The topological polar surface area (TPSA) is 59.4 Å². The van der Waals surface area contributed by atoms with Gasteiger partial charge in [0.05, 0.1) is 6.20 Å². The second-order valence-corrected chi connectivity index (χ2v) is 4.16. The van der Waals surface area contributed by atoms with Crippen LogP contribution in [0.2, 0.25) is 0 Å². The summed E-state index contributed by atoms with van der Waals surface area (Å²) in [6.07, 6.45) is 2.60. The first-order valence-corrected chi connectivity index (χ1v) is 5.57. The zero-order valence-corrected chi connectivity index (χ0v) is 9.41. The number of carbonyl (C=O) groups is 1. The van der Waals surface area contributed by atoms with Gasteiger partial charge < -0.3 is 9.84 Å². The quantitative estimate of drug-likeness (QED) is 0.909. The Morgan fingerprint density at radius 1 is 1.47 bits per heavy atom. The maximum absolute atomic E-state index is 12.8. The van der Waals surface area contributed by atoms with Gasteiger partial charge in [0, 0.05) is 23.2 Å². The third-order valence-electron chi connectivity index (χ3n) is 1.95. The van der Waals surface area contributed by atoms with Gasteiger partial charge in [-0.25, -0.2) is 9.18 Å². The van der Waals surface area contributed by atoms with E-state index in [-0.39, 0.29) is 11.5 Å². The van der Waals surface area contributed by atoms with Gasteiger partial charge in [-0.2, -0.15) is 0 Å². The van der Waals surface area contributed by atoms with E-state index in [9.17, 15) is 9.18 Å². The molecule has 88 valence electrons. The fraction of sp³-hybridized carbons (Fsp3) is 0.0909. The van der Waals surface area contributed by atoms with Crippen molar-refractivity contribution in [2.45, 2.75) is 6.61 Å². The van der Waals surface area contributed by atoms with E-state index in [2.05, 4.69) is 4.98 Å². The van der Waals surface area contributed by atoms with E-state index < -0.39 is 11.8 Å². The maximum Gasteiger partial charge on any atom is 0.346 e. The minimum atomic E-state index is -0.989. The van der Waals surface area contributed by atoms with Crippen molar-refractivity contribution >= 4 is 17.3 Å². The zero-order chi connectivity index (χ0) is 12.3. The van der Waals surface area contributed by atoms with Crippen LogP contribution in [0.5, 0.6) is 5.75 Å². The second-order valence-electron chi connectivity index (χ2n) is 3.25. The Balaban J connectivity index is 2.00. The molecule has 0 aliphatic rings. The average molecular weight is 253 g/mol. The van der Waals surface area contributed by atoms with Crippen LogP contribution < -0.4 is 4.74 Å². The first-order chi connectivity index (χ1) is 8.15. The van der Waals surface area contributed by atoms with E-state index in [0.29, 0.717) is 11.3 Å². The number of rotatable bonds is 4. The highest BCUT2D eigenvalue weighted by Crippen LogP contribution is 2.22. The van der Waals surface area contributed by atoms with Crippen LogP contribution in [0.15, 0.2) is 29.9 Å². The van der Waals surface area contributed by atoms with Gasteiger partial charge in [-0.15, -0.1) is 11.3 Å². The fourth-order valence-electron chi connectivity index (χ4n) is 1.21. The Hall–Kier alpha value is -1.95. The molecule has 0 aromatic carbocycles. The smallest absolute Gasteiger partial charge is 0.346 e. The van der Waals surface area contributed by atoms with Gasteiger partial charge in [-0.3, -0.25) is 4.98 Å². The number of carboxylic acid groups (broad SMARTS) is 1. The summed E-state index contributed by atoms with van der Waals surface area (Å²) in [5, 5.41) is 10.3. The Morgan fingerprint density at radius 2 is 2.29 bits per heavy atom. The second kappa shape index (κ2) is 4.92. The summed E-state index contributed by atoms with van der Waals surface area (Å²) in [5.41, 5.74) is 0.591. The van der Waals surface area contributed by atoms with Crippen molar-refractivity contribution in [1.82, 2.24) is 4.98 Å². The highest BCUT2D eigenvalue weighted by atomic mass is 32.1. The van der Waals surface area contributed by atoms with Crippen LogP contribution in [0.1, 0.15) is 15.2 Å². The van der Waals surface area contributed by atoms with Crippen LogP contribution in [0, 0.1) is 5.82 Å². The summed E-state index contributed by atoms with van der Waals surface area (Å²) in [6.45, 7) is 0.153. The van der Waals surface area contributed by atoms with Crippen molar-refractivity contribution in [3.8, 4) is 5.75 Å². The number of nitrogens with zero attached hydrogens (tertiary/aromatic N) is 1. The lowest BCUT2D eigenvalue weighted by Gasteiger charge is -2.02. The molecular weight excluding hydrogens is 245 g/mol. The fourth-order valence-corrected chi connectivity index (χ4v) is 1.87. The molecule has 2 rings (SSSR count). The Kier molecular flexibility index (Phi) is 3.34. The van der Waals surface area contributed by atoms with Crippen LogP contribution in [0.3, 0.4) is 0 Å². The van der Waals surface area contributed by atoms with Crippen molar-refractivity contribution < 1.29 is 19.0 Å². The average Bonchev–Trinajstić information content (AvgIpc) is 2.75. The molecule has 0 saturated carbocycles. The van der Waals surface area contributed by atoms with Crippen LogP contribution in [-0.2, 0) is 6.61 Å². The molecule has 0 unspecified atom stereocenters. The molecule has 0 aliphatic carbocycles. The molecule has 4 nitrogen and oxygen atoms in total. The van der Waals surface area contributed by atoms with E-state index in [4.69, 9.17) is 9.84 Å². The summed E-state index contributed by atoms with van der Waals surface area (Å²) < 4.78 is 18.1. The number of aromatic nitrogens is 1. The highest BCUT2D eigenvalue weighted by Gasteiger charge is 2.07. The van der Waals surface area contributed by atoms with Gasteiger partial charge in [0.1, 0.15) is 23.1 Å². The maximum atomic E-state index is 12.8. The monoisotopic (exact) mass is 253 g/mol. The summed E-state index contributed by atoms with van der Waals surface area (Å²) >= 11 is 1.08. The van der Waals surface area contributed by atoms with Gasteiger partial charge in [0.15, 0.2) is 0 Å². The lowest BCUT2D eigenvalue weighted by molar-refractivity contribution is 0.0702. The number of hydrogen-bond donors (Lipinski definition) is 1. The van der Waals surface area contributed by atoms with Crippen LogP contribution in [-0.4, -0.2) is 16.1 Å². The number of ether oxygens (including phenoxy) is 1. The molecule has 2 aromatic rings. The van der Waals surface area contributed by atoms with Gasteiger partial charge in [0.25, 0.3) is 0 Å². The third kappa shape index (κ3) is 3.01. The van der Waals surface area contributed by atoms with Crippen LogP contribution in [0.4, 0.5) is 4.39 Å². The van der Waals surface area contributed by atoms with E-state index in [1.165, 1.54) is 18.3 Å². The summed E-state index contributed by atoms with van der Waals surface area (Å²) in [5.74, 6) is -0.962. The largest absolute Gasteiger partial charge is 0.488 e. The van der Waals surface area contributed by atoms with Crippen molar-refractivity contribution in [1.29, 1.82) is 0 Å². The Labute approximate surface area is 100 Å². The number of hydrogen-bond acceptors (Lipinski definition) is 4. The molecule has 0 radical (unpaired) electrons.